The van der Waals surface area contributed by atoms with Crippen molar-refractivity contribution in [2.24, 2.45) is 5.92 Å². The molecule has 0 aromatic heterocycles. The summed E-state index contributed by atoms with van der Waals surface area (Å²) < 4.78 is 4.86. The van der Waals surface area contributed by atoms with Crippen molar-refractivity contribution in [1.82, 2.24) is 10.6 Å². The van der Waals surface area contributed by atoms with Crippen molar-refractivity contribution in [3.8, 4) is 0 Å². The summed E-state index contributed by atoms with van der Waals surface area (Å²) in [5.41, 5.74) is 0. The van der Waals surface area contributed by atoms with Crippen molar-refractivity contribution >= 4 is 5.91 Å². The number of carbonyl (C=O) groups excluding carboxylic acids is 1. The van der Waals surface area contributed by atoms with E-state index in [2.05, 4.69) is 10.6 Å². The summed E-state index contributed by atoms with van der Waals surface area (Å²) in [4.78, 5) is 11.4. The summed E-state index contributed by atoms with van der Waals surface area (Å²) in [5, 5.41) is 6.14. The maximum atomic E-state index is 11.4. The van der Waals surface area contributed by atoms with E-state index in [0.29, 0.717) is 25.5 Å². The van der Waals surface area contributed by atoms with E-state index in [1.165, 1.54) is 0 Å². The van der Waals surface area contributed by atoms with E-state index in [0.717, 1.165) is 25.9 Å². The molecule has 0 aromatic carbocycles. The third-order valence-corrected chi connectivity index (χ3v) is 2.56. The van der Waals surface area contributed by atoms with Crippen LogP contribution in [-0.4, -0.2) is 39.3 Å². The molecule has 1 heterocycles. The van der Waals surface area contributed by atoms with Gasteiger partial charge in [0.1, 0.15) is 0 Å². The van der Waals surface area contributed by atoms with Crippen molar-refractivity contribution in [2.75, 3.05) is 33.4 Å². The monoisotopic (exact) mass is 200 g/mol. The Kier molecular flexibility index (Phi) is 5.56. The second-order valence-electron chi connectivity index (χ2n) is 3.74. The Morgan fingerprint density at radius 3 is 2.86 bits per heavy atom. The Labute approximate surface area is 85.4 Å². The van der Waals surface area contributed by atoms with Crippen LogP contribution in [-0.2, 0) is 9.53 Å². The molecule has 0 radical (unpaired) electrons. The van der Waals surface area contributed by atoms with E-state index in [9.17, 15) is 4.79 Å². The highest BCUT2D eigenvalue weighted by atomic mass is 16.5. The third kappa shape index (κ3) is 4.58. The molecule has 0 atom stereocenters. The molecular formula is C10H20N2O2. The molecule has 0 saturated carbocycles. The predicted octanol–water partition coefficient (Wildman–Crippen LogP) is 0.139. The number of hydrogen-bond donors (Lipinski definition) is 2. The lowest BCUT2D eigenvalue weighted by atomic mass is 9.94. The van der Waals surface area contributed by atoms with Crippen molar-refractivity contribution in [1.29, 1.82) is 0 Å². The van der Waals surface area contributed by atoms with Gasteiger partial charge in [0.25, 0.3) is 0 Å². The van der Waals surface area contributed by atoms with E-state index >= 15 is 0 Å². The predicted molar refractivity (Wildman–Crippen MR) is 55.1 cm³/mol. The first-order valence-corrected chi connectivity index (χ1v) is 5.29. The fourth-order valence-corrected chi connectivity index (χ4v) is 1.71. The minimum Gasteiger partial charge on any atom is -0.383 e. The summed E-state index contributed by atoms with van der Waals surface area (Å²) in [7, 11) is 1.64. The van der Waals surface area contributed by atoms with E-state index in [4.69, 9.17) is 4.74 Å². The van der Waals surface area contributed by atoms with Gasteiger partial charge < -0.3 is 15.4 Å². The molecule has 1 aliphatic rings. The van der Waals surface area contributed by atoms with Crippen LogP contribution in [0.5, 0.6) is 0 Å². The minimum absolute atomic E-state index is 0.161. The van der Waals surface area contributed by atoms with Crippen molar-refractivity contribution in [2.45, 2.75) is 19.3 Å². The third-order valence-electron chi connectivity index (χ3n) is 2.56. The Balaban J connectivity index is 2.06. The van der Waals surface area contributed by atoms with Gasteiger partial charge in [0, 0.05) is 20.1 Å². The Bertz CT molecular complexity index is 168. The number of methoxy groups -OCH3 is 1. The maximum absolute atomic E-state index is 11.4. The summed E-state index contributed by atoms with van der Waals surface area (Å²) in [5.74, 6) is 0.729. The molecule has 1 amide bonds. The quantitative estimate of drug-likeness (QED) is 0.621. The average molecular weight is 200 g/mol. The fraction of sp³-hybridized carbons (Fsp3) is 0.900. The molecule has 0 unspecified atom stereocenters. The Morgan fingerprint density at radius 1 is 1.50 bits per heavy atom. The molecule has 1 rings (SSSR count). The average Bonchev–Trinajstić information content (AvgIpc) is 2.20. The number of carbonyl (C=O) groups is 1. The van der Waals surface area contributed by atoms with Crippen molar-refractivity contribution in [3.05, 3.63) is 0 Å². The van der Waals surface area contributed by atoms with Gasteiger partial charge in [-0.2, -0.15) is 0 Å². The maximum Gasteiger partial charge on any atom is 0.220 e. The van der Waals surface area contributed by atoms with Crippen molar-refractivity contribution < 1.29 is 9.53 Å². The first kappa shape index (κ1) is 11.5. The zero-order valence-corrected chi connectivity index (χ0v) is 8.84. The topological polar surface area (TPSA) is 50.4 Å². The first-order chi connectivity index (χ1) is 6.83. The summed E-state index contributed by atoms with van der Waals surface area (Å²) >= 11 is 0. The van der Waals surface area contributed by atoms with Crippen LogP contribution in [0.1, 0.15) is 19.3 Å². The number of piperidine rings is 1. The highest BCUT2D eigenvalue weighted by molar-refractivity contribution is 5.76. The standard InChI is InChI=1S/C10H20N2O2/c1-14-7-6-12-10(13)8-9-2-4-11-5-3-9/h9,11H,2-8H2,1H3,(H,12,13). The molecule has 1 fully saturated rings. The van der Waals surface area contributed by atoms with Gasteiger partial charge in [-0.1, -0.05) is 0 Å². The second-order valence-corrected chi connectivity index (χ2v) is 3.74. The number of amides is 1. The van der Waals surface area contributed by atoms with Crippen LogP contribution in [0, 0.1) is 5.92 Å². The molecule has 0 aromatic rings. The van der Waals surface area contributed by atoms with Gasteiger partial charge in [-0.05, 0) is 31.8 Å². The molecule has 1 aliphatic heterocycles. The molecule has 0 spiro atoms. The van der Waals surface area contributed by atoms with Gasteiger partial charge in [-0.15, -0.1) is 0 Å². The highest BCUT2D eigenvalue weighted by Crippen LogP contribution is 2.15. The molecule has 2 N–H and O–H groups in total. The van der Waals surface area contributed by atoms with Gasteiger partial charge in [0.15, 0.2) is 0 Å². The summed E-state index contributed by atoms with van der Waals surface area (Å²) in [6.45, 7) is 3.32. The van der Waals surface area contributed by atoms with Gasteiger partial charge in [-0.25, -0.2) is 0 Å². The largest absolute Gasteiger partial charge is 0.383 e. The SMILES string of the molecule is COCCNC(=O)CC1CCNCC1. The fourth-order valence-electron chi connectivity index (χ4n) is 1.71. The Morgan fingerprint density at radius 2 is 2.21 bits per heavy atom. The molecule has 1 saturated heterocycles. The van der Waals surface area contributed by atoms with Gasteiger partial charge >= 0.3 is 0 Å². The zero-order valence-electron chi connectivity index (χ0n) is 8.84. The smallest absolute Gasteiger partial charge is 0.220 e. The number of rotatable bonds is 5. The molecule has 4 nitrogen and oxygen atoms in total. The number of nitrogens with one attached hydrogen (secondary N) is 2. The number of hydrogen-bond acceptors (Lipinski definition) is 3. The van der Waals surface area contributed by atoms with E-state index < -0.39 is 0 Å². The van der Waals surface area contributed by atoms with Crippen LogP contribution in [0.15, 0.2) is 0 Å². The van der Waals surface area contributed by atoms with Crippen LogP contribution in [0.4, 0.5) is 0 Å². The molecule has 0 bridgehead atoms. The number of ether oxygens (including phenoxy) is 1. The van der Waals surface area contributed by atoms with E-state index in [1.54, 1.807) is 7.11 Å². The zero-order chi connectivity index (χ0) is 10.2. The van der Waals surface area contributed by atoms with Gasteiger partial charge in [0.2, 0.25) is 5.91 Å². The molecule has 82 valence electrons. The van der Waals surface area contributed by atoms with E-state index in [1.807, 2.05) is 0 Å². The van der Waals surface area contributed by atoms with Crippen LogP contribution in [0.3, 0.4) is 0 Å². The van der Waals surface area contributed by atoms with Crippen LogP contribution in [0.2, 0.25) is 0 Å². The Hall–Kier alpha value is -0.610. The van der Waals surface area contributed by atoms with Gasteiger partial charge in [0.05, 0.1) is 6.61 Å². The van der Waals surface area contributed by atoms with Crippen LogP contribution < -0.4 is 10.6 Å². The first-order valence-electron chi connectivity index (χ1n) is 5.29. The highest BCUT2D eigenvalue weighted by Gasteiger charge is 2.16. The minimum atomic E-state index is 0.161. The second kappa shape index (κ2) is 6.79. The molecule has 4 heteroatoms. The normalized spacial score (nSPS) is 18.1. The van der Waals surface area contributed by atoms with E-state index in [-0.39, 0.29) is 5.91 Å². The lowest BCUT2D eigenvalue weighted by molar-refractivity contribution is -0.122. The lowest BCUT2D eigenvalue weighted by Crippen LogP contribution is -2.33. The molecular weight excluding hydrogens is 180 g/mol. The van der Waals surface area contributed by atoms with Crippen LogP contribution in [0.25, 0.3) is 0 Å². The summed E-state index contributed by atoms with van der Waals surface area (Å²) in [6.07, 6.45) is 2.92. The summed E-state index contributed by atoms with van der Waals surface area (Å²) in [6, 6.07) is 0. The lowest BCUT2D eigenvalue weighted by Gasteiger charge is -2.21. The van der Waals surface area contributed by atoms with Crippen LogP contribution >= 0.6 is 0 Å². The molecule has 14 heavy (non-hydrogen) atoms. The molecule has 0 aliphatic carbocycles. The van der Waals surface area contributed by atoms with Crippen molar-refractivity contribution in [3.63, 3.8) is 0 Å². The van der Waals surface area contributed by atoms with Gasteiger partial charge in [-0.3, -0.25) is 4.79 Å².